The lowest BCUT2D eigenvalue weighted by Crippen LogP contribution is -2.27. The molecule has 0 unspecified atom stereocenters. The molecule has 0 spiro atoms. The molecule has 2 aromatic rings. The van der Waals surface area contributed by atoms with E-state index in [-0.39, 0.29) is 5.91 Å². The van der Waals surface area contributed by atoms with E-state index in [0.717, 1.165) is 5.69 Å². The van der Waals surface area contributed by atoms with Gasteiger partial charge in [-0.3, -0.25) is 4.79 Å². The topological polar surface area (TPSA) is 59.8 Å². The largest absolute Gasteiger partial charge is 0.350 e. The number of nitrogens with zero attached hydrogens (tertiary/aromatic N) is 3. The Balaban J connectivity index is 2.10. The number of halogens is 1. The fourth-order valence-corrected chi connectivity index (χ4v) is 1.60. The Morgan fingerprint density at radius 2 is 2.05 bits per heavy atom. The van der Waals surface area contributed by atoms with Crippen LogP contribution in [0.4, 0.5) is 0 Å². The summed E-state index contributed by atoms with van der Waals surface area (Å²) < 4.78 is 1.54. The molecule has 5 nitrogen and oxygen atoms in total. The van der Waals surface area contributed by atoms with E-state index in [1.807, 2.05) is 26.0 Å². The van der Waals surface area contributed by atoms with Crippen molar-refractivity contribution in [2.75, 3.05) is 6.54 Å². The van der Waals surface area contributed by atoms with Crippen LogP contribution in [0.2, 0.25) is 5.02 Å². The smallest absolute Gasteiger partial charge is 0.273 e. The maximum atomic E-state index is 11.8. The summed E-state index contributed by atoms with van der Waals surface area (Å²) in [4.78, 5) is 11.8. The highest BCUT2D eigenvalue weighted by Gasteiger charge is 2.11. The van der Waals surface area contributed by atoms with Gasteiger partial charge in [0.05, 0.1) is 11.9 Å². The number of hydrogen-bond acceptors (Lipinski definition) is 3. The van der Waals surface area contributed by atoms with Crippen LogP contribution < -0.4 is 5.32 Å². The van der Waals surface area contributed by atoms with Gasteiger partial charge in [-0.25, -0.2) is 4.68 Å². The number of carbonyl (C=O) groups is 1. The van der Waals surface area contributed by atoms with Gasteiger partial charge in [-0.15, -0.1) is 5.10 Å². The summed E-state index contributed by atoms with van der Waals surface area (Å²) in [7, 11) is 0. The SMILES string of the molecule is CC(C)CNC(=O)c1cn(-c2ccc(Cl)cc2)nn1. The van der Waals surface area contributed by atoms with Crippen LogP contribution in [0.15, 0.2) is 30.5 Å². The summed E-state index contributed by atoms with van der Waals surface area (Å²) >= 11 is 5.82. The van der Waals surface area contributed by atoms with E-state index in [2.05, 4.69) is 15.6 Å². The van der Waals surface area contributed by atoms with Gasteiger partial charge in [0.25, 0.3) is 5.91 Å². The predicted octanol–water partition coefficient (Wildman–Crippen LogP) is 2.31. The van der Waals surface area contributed by atoms with Crippen LogP contribution in [-0.4, -0.2) is 27.4 Å². The second-order valence-electron chi connectivity index (χ2n) is 4.63. The van der Waals surface area contributed by atoms with Crippen molar-refractivity contribution in [2.24, 2.45) is 5.92 Å². The van der Waals surface area contributed by atoms with Crippen LogP contribution in [0.5, 0.6) is 0 Å². The van der Waals surface area contributed by atoms with Gasteiger partial charge in [-0.2, -0.15) is 0 Å². The fraction of sp³-hybridized carbons (Fsp3) is 0.308. The molecule has 0 aliphatic rings. The Labute approximate surface area is 116 Å². The van der Waals surface area contributed by atoms with Crippen molar-refractivity contribution >= 4 is 17.5 Å². The Morgan fingerprint density at radius 1 is 1.37 bits per heavy atom. The first-order chi connectivity index (χ1) is 9.06. The molecule has 100 valence electrons. The van der Waals surface area contributed by atoms with Gasteiger partial charge in [0.2, 0.25) is 0 Å². The maximum Gasteiger partial charge on any atom is 0.273 e. The minimum atomic E-state index is -0.214. The summed E-state index contributed by atoms with van der Waals surface area (Å²) in [5, 5.41) is 11.2. The van der Waals surface area contributed by atoms with Crippen LogP contribution >= 0.6 is 11.6 Å². The third kappa shape index (κ3) is 3.54. The minimum absolute atomic E-state index is 0.214. The molecule has 0 bridgehead atoms. The van der Waals surface area contributed by atoms with Crippen molar-refractivity contribution in [1.29, 1.82) is 0 Å². The van der Waals surface area contributed by atoms with Crippen LogP contribution in [0.1, 0.15) is 24.3 Å². The van der Waals surface area contributed by atoms with Gasteiger partial charge in [0.15, 0.2) is 5.69 Å². The molecule has 0 atom stereocenters. The van der Waals surface area contributed by atoms with E-state index in [4.69, 9.17) is 11.6 Å². The summed E-state index contributed by atoms with van der Waals surface area (Å²) in [6, 6.07) is 7.15. The van der Waals surface area contributed by atoms with Gasteiger partial charge in [-0.1, -0.05) is 30.7 Å². The van der Waals surface area contributed by atoms with Gasteiger partial charge in [-0.05, 0) is 30.2 Å². The molecule has 1 aromatic carbocycles. The zero-order chi connectivity index (χ0) is 13.8. The number of amides is 1. The highest BCUT2D eigenvalue weighted by molar-refractivity contribution is 6.30. The van der Waals surface area contributed by atoms with Crippen molar-refractivity contribution in [3.8, 4) is 5.69 Å². The second-order valence-corrected chi connectivity index (χ2v) is 5.07. The number of benzene rings is 1. The number of rotatable bonds is 4. The fourth-order valence-electron chi connectivity index (χ4n) is 1.48. The lowest BCUT2D eigenvalue weighted by atomic mass is 10.2. The average Bonchev–Trinajstić information content (AvgIpc) is 2.86. The molecule has 0 aliphatic carbocycles. The van der Waals surface area contributed by atoms with Crippen LogP contribution in [0.25, 0.3) is 5.69 Å². The Morgan fingerprint density at radius 3 is 2.68 bits per heavy atom. The molecule has 1 N–H and O–H groups in total. The molecule has 2 rings (SSSR count). The van der Waals surface area contributed by atoms with Gasteiger partial charge in [0, 0.05) is 11.6 Å². The molecule has 1 amide bonds. The van der Waals surface area contributed by atoms with Gasteiger partial charge < -0.3 is 5.32 Å². The van der Waals surface area contributed by atoms with Crippen molar-refractivity contribution in [2.45, 2.75) is 13.8 Å². The van der Waals surface area contributed by atoms with E-state index < -0.39 is 0 Å². The zero-order valence-corrected chi connectivity index (χ0v) is 11.6. The Bertz CT molecular complexity index is 562. The number of aromatic nitrogens is 3. The quantitative estimate of drug-likeness (QED) is 0.934. The van der Waals surface area contributed by atoms with Crippen molar-refractivity contribution in [3.05, 3.63) is 41.2 Å². The van der Waals surface area contributed by atoms with Crippen LogP contribution in [0, 0.1) is 5.92 Å². The normalized spacial score (nSPS) is 10.7. The van der Waals surface area contributed by atoms with Gasteiger partial charge in [0.1, 0.15) is 0 Å². The van der Waals surface area contributed by atoms with E-state index in [1.165, 1.54) is 0 Å². The van der Waals surface area contributed by atoms with E-state index >= 15 is 0 Å². The zero-order valence-electron chi connectivity index (χ0n) is 10.8. The molecule has 19 heavy (non-hydrogen) atoms. The highest BCUT2D eigenvalue weighted by Crippen LogP contribution is 2.12. The van der Waals surface area contributed by atoms with E-state index in [1.54, 1.807) is 23.0 Å². The summed E-state index contributed by atoms with van der Waals surface area (Å²) in [6.07, 6.45) is 1.60. The van der Waals surface area contributed by atoms with E-state index in [0.29, 0.717) is 23.2 Å². The number of nitrogens with one attached hydrogen (secondary N) is 1. The summed E-state index contributed by atoms with van der Waals surface area (Å²) in [5.74, 6) is 0.184. The molecular formula is C13H15ClN4O. The molecule has 0 saturated heterocycles. The minimum Gasteiger partial charge on any atom is -0.350 e. The van der Waals surface area contributed by atoms with Crippen molar-refractivity contribution in [3.63, 3.8) is 0 Å². The van der Waals surface area contributed by atoms with Crippen LogP contribution in [0.3, 0.4) is 0 Å². The first kappa shape index (κ1) is 13.5. The molecule has 0 saturated carbocycles. The van der Waals surface area contributed by atoms with Crippen LogP contribution in [-0.2, 0) is 0 Å². The van der Waals surface area contributed by atoms with Crippen molar-refractivity contribution in [1.82, 2.24) is 20.3 Å². The van der Waals surface area contributed by atoms with Crippen molar-refractivity contribution < 1.29 is 4.79 Å². The predicted molar refractivity (Wildman–Crippen MR) is 73.5 cm³/mol. The molecule has 6 heteroatoms. The summed E-state index contributed by atoms with van der Waals surface area (Å²) in [6.45, 7) is 4.68. The first-order valence-electron chi connectivity index (χ1n) is 6.03. The highest BCUT2D eigenvalue weighted by atomic mass is 35.5. The molecule has 1 heterocycles. The standard InChI is InChI=1S/C13H15ClN4O/c1-9(2)7-15-13(19)12-8-18(17-16-12)11-5-3-10(14)4-6-11/h3-6,8-9H,7H2,1-2H3,(H,15,19). The second kappa shape index (κ2) is 5.84. The lowest BCUT2D eigenvalue weighted by Gasteiger charge is -2.04. The molecule has 1 aromatic heterocycles. The number of carbonyl (C=O) groups excluding carboxylic acids is 1. The average molecular weight is 279 g/mol. The Hall–Kier alpha value is -1.88. The van der Waals surface area contributed by atoms with Gasteiger partial charge >= 0.3 is 0 Å². The monoisotopic (exact) mass is 278 g/mol. The maximum absolute atomic E-state index is 11.8. The lowest BCUT2D eigenvalue weighted by molar-refractivity contribution is 0.0944. The third-order valence-corrected chi connectivity index (χ3v) is 2.74. The first-order valence-corrected chi connectivity index (χ1v) is 6.40. The Kier molecular flexibility index (Phi) is 4.16. The third-order valence-electron chi connectivity index (χ3n) is 2.49. The van der Waals surface area contributed by atoms with E-state index in [9.17, 15) is 4.79 Å². The number of hydrogen-bond donors (Lipinski definition) is 1. The molecule has 0 aliphatic heterocycles. The molecular weight excluding hydrogens is 264 g/mol. The molecule has 0 fully saturated rings. The molecule has 0 radical (unpaired) electrons. The summed E-state index contributed by atoms with van der Waals surface area (Å²) in [5.41, 5.74) is 1.11.